The Labute approximate surface area is 167 Å². The van der Waals surface area contributed by atoms with Crippen molar-refractivity contribution in [2.75, 3.05) is 26.2 Å². The lowest BCUT2D eigenvalue weighted by atomic mass is 9.95. The van der Waals surface area contributed by atoms with Crippen molar-refractivity contribution in [3.63, 3.8) is 0 Å². The van der Waals surface area contributed by atoms with Crippen molar-refractivity contribution in [3.05, 3.63) is 51.5 Å². The van der Waals surface area contributed by atoms with Crippen LogP contribution in [-0.4, -0.2) is 49.7 Å². The molecule has 0 unspecified atom stereocenters. The van der Waals surface area contributed by atoms with E-state index in [1.54, 1.807) is 17.9 Å². The maximum atomic E-state index is 13.4. The molecule has 1 aliphatic rings. The Morgan fingerprint density at radius 1 is 0.857 bits per heavy atom. The number of benzene rings is 1. The molecular formula is C21H28N2O4S. The van der Waals surface area contributed by atoms with Gasteiger partial charge in [-0.3, -0.25) is 4.79 Å². The van der Waals surface area contributed by atoms with E-state index < -0.39 is 10.0 Å². The molecule has 2 aromatic rings. The summed E-state index contributed by atoms with van der Waals surface area (Å²) in [7, 11) is -3.62. The van der Waals surface area contributed by atoms with Crippen LogP contribution in [0.1, 0.15) is 43.9 Å². The van der Waals surface area contributed by atoms with Crippen LogP contribution in [0.5, 0.6) is 0 Å². The SMILES string of the molecule is Cc1occc1C(=O)N1CCN(S(=O)(=O)c2c(C)c(C)c(C)c(C)c2C)CC1. The number of sulfonamides is 1. The molecule has 0 N–H and O–H groups in total. The highest BCUT2D eigenvalue weighted by Gasteiger charge is 2.34. The van der Waals surface area contributed by atoms with E-state index in [0.717, 1.165) is 27.8 Å². The zero-order valence-corrected chi connectivity index (χ0v) is 18.2. The van der Waals surface area contributed by atoms with E-state index in [1.165, 1.54) is 10.6 Å². The van der Waals surface area contributed by atoms with Gasteiger partial charge in [-0.1, -0.05) is 0 Å². The van der Waals surface area contributed by atoms with E-state index in [-0.39, 0.29) is 19.0 Å². The average Bonchev–Trinajstić information content (AvgIpc) is 3.10. The monoisotopic (exact) mass is 404 g/mol. The molecule has 6 nitrogen and oxygen atoms in total. The summed E-state index contributed by atoms with van der Waals surface area (Å²) in [6.07, 6.45) is 1.50. The van der Waals surface area contributed by atoms with E-state index in [0.29, 0.717) is 29.3 Å². The second kappa shape index (κ2) is 7.37. The van der Waals surface area contributed by atoms with Gasteiger partial charge in [0.25, 0.3) is 5.91 Å². The van der Waals surface area contributed by atoms with E-state index >= 15 is 0 Å². The predicted octanol–water partition coefficient (Wildman–Crippen LogP) is 3.28. The van der Waals surface area contributed by atoms with Gasteiger partial charge in [0.15, 0.2) is 0 Å². The fourth-order valence-electron chi connectivity index (χ4n) is 3.89. The smallest absolute Gasteiger partial charge is 0.257 e. The first-order chi connectivity index (χ1) is 13.1. The molecule has 7 heteroatoms. The summed E-state index contributed by atoms with van der Waals surface area (Å²) >= 11 is 0. The van der Waals surface area contributed by atoms with Crippen molar-refractivity contribution in [2.45, 2.75) is 46.4 Å². The van der Waals surface area contributed by atoms with Crippen LogP contribution in [0, 0.1) is 41.5 Å². The zero-order chi connectivity index (χ0) is 20.8. The Bertz CT molecular complexity index is 1000. The van der Waals surface area contributed by atoms with Crippen LogP contribution in [0.2, 0.25) is 0 Å². The maximum Gasteiger partial charge on any atom is 0.257 e. The van der Waals surface area contributed by atoms with Crippen molar-refractivity contribution in [2.24, 2.45) is 0 Å². The summed E-state index contributed by atoms with van der Waals surface area (Å²) < 4.78 is 33.5. The molecule has 0 atom stereocenters. The van der Waals surface area contributed by atoms with E-state index in [4.69, 9.17) is 4.42 Å². The fourth-order valence-corrected chi connectivity index (χ4v) is 5.87. The standard InChI is InChI=1S/C21H28N2O4S/c1-13-14(2)16(4)20(17(5)15(13)3)28(25,26)23-10-8-22(9-11-23)21(24)19-7-12-27-18(19)6/h7,12H,8-11H2,1-6H3. The van der Waals surface area contributed by atoms with Crippen LogP contribution < -0.4 is 0 Å². The molecule has 2 heterocycles. The predicted molar refractivity (Wildman–Crippen MR) is 108 cm³/mol. The second-order valence-corrected chi connectivity index (χ2v) is 9.42. The number of carbonyl (C=O) groups is 1. The van der Waals surface area contributed by atoms with Crippen LogP contribution in [0.15, 0.2) is 21.6 Å². The Morgan fingerprint density at radius 2 is 1.36 bits per heavy atom. The van der Waals surface area contributed by atoms with Gasteiger partial charge in [0.1, 0.15) is 5.76 Å². The van der Waals surface area contributed by atoms with Gasteiger partial charge in [0.05, 0.1) is 16.7 Å². The van der Waals surface area contributed by atoms with Gasteiger partial charge in [-0.2, -0.15) is 4.31 Å². The molecule has 0 bridgehead atoms. The molecule has 1 saturated heterocycles. The average molecular weight is 405 g/mol. The normalized spacial score (nSPS) is 15.9. The van der Waals surface area contributed by atoms with Crippen molar-refractivity contribution >= 4 is 15.9 Å². The third-order valence-corrected chi connectivity index (χ3v) is 8.32. The molecule has 1 amide bonds. The van der Waals surface area contributed by atoms with Crippen LogP contribution in [0.4, 0.5) is 0 Å². The number of furan rings is 1. The molecule has 0 radical (unpaired) electrons. The first-order valence-corrected chi connectivity index (χ1v) is 10.9. The van der Waals surface area contributed by atoms with Gasteiger partial charge in [0.2, 0.25) is 10.0 Å². The third-order valence-electron chi connectivity index (χ3n) is 6.14. The van der Waals surface area contributed by atoms with Gasteiger partial charge < -0.3 is 9.32 Å². The van der Waals surface area contributed by atoms with Gasteiger partial charge in [0, 0.05) is 26.2 Å². The van der Waals surface area contributed by atoms with Crippen LogP contribution in [0.25, 0.3) is 0 Å². The summed E-state index contributed by atoms with van der Waals surface area (Å²) in [6, 6.07) is 1.66. The van der Waals surface area contributed by atoms with Crippen LogP contribution in [-0.2, 0) is 10.0 Å². The maximum absolute atomic E-state index is 13.4. The van der Waals surface area contributed by atoms with Crippen molar-refractivity contribution < 1.29 is 17.6 Å². The van der Waals surface area contributed by atoms with Crippen molar-refractivity contribution in [1.29, 1.82) is 0 Å². The number of hydrogen-bond acceptors (Lipinski definition) is 4. The lowest BCUT2D eigenvalue weighted by Gasteiger charge is -2.35. The first-order valence-electron chi connectivity index (χ1n) is 9.47. The molecule has 28 heavy (non-hydrogen) atoms. The highest BCUT2D eigenvalue weighted by atomic mass is 32.2. The molecular weight excluding hydrogens is 376 g/mol. The van der Waals surface area contributed by atoms with Crippen molar-refractivity contribution in [3.8, 4) is 0 Å². The minimum Gasteiger partial charge on any atom is -0.469 e. The van der Waals surface area contributed by atoms with Crippen molar-refractivity contribution in [1.82, 2.24) is 9.21 Å². The van der Waals surface area contributed by atoms with Gasteiger partial charge in [-0.15, -0.1) is 0 Å². The Kier molecular flexibility index (Phi) is 5.42. The largest absolute Gasteiger partial charge is 0.469 e. The highest BCUT2D eigenvalue weighted by Crippen LogP contribution is 2.32. The summed E-state index contributed by atoms with van der Waals surface area (Å²) in [5, 5.41) is 0. The number of carbonyl (C=O) groups excluding carboxylic acids is 1. The van der Waals surface area contributed by atoms with E-state index in [2.05, 4.69) is 0 Å². The number of rotatable bonds is 3. The topological polar surface area (TPSA) is 70.8 Å². The lowest BCUT2D eigenvalue weighted by Crippen LogP contribution is -2.50. The van der Waals surface area contributed by atoms with Gasteiger partial charge >= 0.3 is 0 Å². The molecule has 0 spiro atoms. The molecule has 1 fully saturated rings. The number of hydrogen-bond donors (Lipinski definition) is 0. The van der Waals surface area contributed by atoms with Crippen LogP contribution >= 0.6 is 0 Å². The minimum atomic E-state index is -3.62. The molecule has 0 saturated carbocycles. The van der Waals surface area contributed by atoms with E-state index in [9.17, 15) is 13.2 Å². The molecule has 1 aromatic heterocycles. The third kappa shape index (κ3) is 3.26. The number of amides is 1. The minimum absolute atomic E-state index is 0.113. The summed E-state index contributed by atoms with van der Waals surface area (Å²) in [5.74, 6) is 0.467. The van der Waals surface area contributed by atoms with Gasteiger partial charge in [-0.05, 0) is 75.4 Å². The number of aryl methyl sites for hydroxylation is 1. The van der Waals surface area contributed by atoms with E-state index in [1.807, 2.05) is 34.6 Å². The fraction of sp³-hybridized carbons (Fsp3) is 0.476. The number of piperazine rings is 1. The second-order valence-electron chi connectivity index (χ2n) is 7.54. The molecule has 1 aliphatic heterocycles. The highest BCUT2D eigenvalue weighted by molar-refractivity contribution is 7.89. The quantitative estimate of drug-likeness (QED) is 0.787. The Balaban J connectivity index is 1.85. The summed E-state index contributed by atoms with van der Waals surface area (Å²) in [4.78, 5) is 14.7. The summed E-state index contributed by atoms with van der Waals surface area (Å²) in [6.45, 7) is 12.8. The van der Waals surface area contributed by atoms with Crippen LogP contribution in [0.3, 0.4) is 0 Å². The lowest BCUT2D eigenvalue weighted by molar-refractivity contribution is 0.0696. The molecule has 0 aliphatic carbocycles. The first kappa shape index (κ1) is 20.6. The van der Waals surface area contributed by atoms with Gasteiger partial charge in [-0.25, -0.2) is 8.42 Å². The molecule has 3 rings (SSSR count). The number of nitrogens with zero attached hydrogens (tertiary/aromatic N) is 2. The summed E-state index contributed by atoms with van der Waals surface area (Å²) in [5.41, 5.74) is 5.34. The zero-order valence-electron chi connectivity index (χ0n) is 17.4. The Hall–Kier alpha value is -2.12. The molecule has 1 aromatic carbocycles. The molecule has 152 valence electrons. The Morgan fingerprint density at radius 3 is 1.82 bits per heavy atom.